The van der Waals surface area contributed by atoms with Gasteiger partial charge in [0.25, 0.3) is 0 Å². The van der Waals surface area contributed by atoms with Crippen molar-refractivity contribution in [3.05, 3.63) is 72.3 Å². The average molecular weight is 284 g/mol. The third-order valence-corrected chi connectivity index (χ3v) is 4.04. The summed E-state index contributed by atoms with van der Waals surface area (Å²) in [7, 11) is 0. The molecule has 2 heteroatoms. The largest absolute Gasteiger partial charge is 0.399 e. The lowest BCUT2D eigenvalue weighted by Gasteiger charge is -2.12. The van der Waals surface area contributed by atoms with Crippen LogP contribution in [-0.2, 0) is 0 Å². The number of aromatic nitrogens is 1. The van der Waals surface area contributed by atoms with Gasteiger partial charge in [-0.3, -0.25) is 0 Å². The summed E-state index contributed by atoms with van der Waals surface area (Å²) in [6, 6.07) is 22.8. The number of hydrogen-bond acceptors (Lipinski definition) is 2. The van der Waals surface area contributed by atoms with Gasteiger partial charge in [0.15, 0.2) is 0 Å². The second-order valence-corrected chi connectivity index (χ2v) is 5.65. The van der Waals surface area contributed by atoms with Gasteiger partial charge >= 0.3 is 0 Å². The number of anilines is 1. The van der Waals surface area contributed by atoms with Crippen molar-refractivity contribution in [2.24, 2.45) is 0 Å². The minimum atomic E-state index is 0.762. The predicted molar refractivity (Wildman–Crippen MR) is 93.8 cm³/mol. The molecule has 4 rings (SSSR count). The summed E-state index contributed by atoms with van der Waals surface area (Å²) in [5.41, 5.74) is 12.4. The van der Waals surface area contributed by atoms with Gasteiger partial charge in [0, 0.05) is 22.0 Å². The Bertz CT molecular complexity index is 986. The van der Waals surface area contributed by atoms with E-state index in [1.165, 1.54) is 16.7 Å². The van der Waals surface area contributed by atoms with Crippen LogP contribution in [-0.4, -0.2) is 4.98 Å². The zero-order chi connectivity index (χ0) is 15.1. The number of hydrogen-bond donors (Lipinski definition) is 1. The molecule has 0 atom stereocenters. The van der Waals surface area contributed by atoms with Crippen LogP contribution < -0.4 is 5.73 Å². The van der Waals surface area contributed by atoms with Gasteiger partial charge in [-0.1, -0.05) is 48.0 Å². The van der Waals surface area contributed by atoms with Crippen LogP contribution in [0.3, 0.4) is 0 Å². The standard InChI is InChI=1S/C20H16N2/c1-13-6-8-14(9-7-13)20-16-4-2-3-5-18(16)22-19-11-10-15(21)12-17(19)20/h2-12H,21H2,1H3. The van der Waals surface area contributed by atoms with Crippen LogP contribution in [0.2, 0.25) is 0 Å². The molecule has 2 nitrogen and oxygen atoms in total. The topological polar surface area (TPSA) is 38.9 Å². The van der Waals surface area contributed by atoms with E-state index in [-0.39, 0.29) is 0 Å². The molecular weight excluding hydrogens is 268 g/mol. The highest BCUT2D eigenvalue weighted by atomic mass is 14.7. The Labute approximate surface area is 129 Å². The average Bonchev–Trinajstić information content (AvgIpc) is 2.54. The SMILES string of the molecule is Cc1ccc(-c2c3ccccc3nc3ccc(N)cc23)cc1. The van der Waals surface area contributed by atoms with E-state index in [0.717, 1.165) is 27.5 Å². The van der Waals surface area contributed by atoms with Crippen molar-refractivity contribution >= 4 is 27.5 Å². The Hall–Kier alpha value is -2.87. The molecule has 0 bridgehead atoms. The lowest BCUT2D eigenvalue weighted by Crippen LogP contribution is -1.91. The zero-order valence-electron chi connectivity index (χ0n) is 12.4. The first-order chi connectivity index (χ1) is 10.7. The number of rotatable bonds is 1. The molecule has 3 aromatic carbocycles. The van der Waals surface area contributed by atoms with Crippen LogP contribution in [0.15, 0.2) is 66.7 Å². The van der Waals surface area contributed by atoms with Crippen molar-refractivity contribution in [1.82, 2.24) is 4.98 Å². The zero-order valence-corrected chi connectivity index (χ0v) is 12.4. The second kappa shape index (κ2) is 4.85. The molecule has 22 heavy (non-hydrogen) atoms. The molecule has 0 radical (unpaired) electrons. The summed E-state index contributed by atoms with van der Waals surface area (Å²) in [6.45, 7) is 2.10. The van der Waals surface area contributed by atoms with E-state index in [1.54, 1.807) is 0 Å². The summed E-state index contributed by atoms with van der Waals surface area (Å²) >= 11 is 0. The van der Waals surface area contributed by atoms with E-state index in [1.807, 2.05) is 24.3 Å². The first-order valence-electron chi connectivity index (χ1n) is 7.37. The van der Waals surface area contributed by atoms with E-state index < -0.39 is 0 Å². The third kappa shape index (κ3) is 2.01. The highest BCUT2D eigenvalue weighted by Gasteiger charge is 2.11. The molecule has 0 spiro atoms. The molecule has 0 fully saturated rings. The quantitative estimate of drug-likeness (QED) is 0.397. The van der Waals surface area contributed by atoms with E-state index in [9.17, 15) is 0 Å². The Kier molecular flexibility index (Phi) is 2.83. The Morgan fingerprint density at radius 3 is 2.32 bits per heavy atom. The van der Waals surface area contributed by atoms with Gasteiger partial charge in [-0.05, 0) is 36.8 Å². The Balaban J connectivity index is 2.19. The highest BCUT2D eigenvalue weighted by molar-refractivity contribution is 6.10. The second-order valence-electron chi connectivity index (χ2n) is 5.65. The summed E-state index contributed by atoms with van der Waals surface area (Å²) in [4.78, 5) is 4.77. The molecule has 0 aliphatic heterocycles. The number of pyridine rings is 1. The fraction of sp³-hybridized carbons (Fsp3) is 0.0500. The molecule has 0 unspecified atom stereocenters. The number of fused-ring (bicyclic) bond motifs is 2. The monoisotopic (exact) mass is 284 g/mol. The fourth-order valence-electron chi connectivity index (χ4n) is 2.94. The predicted octanol–water partition coefficient (Wildman–Crippen LogP) is 4.95. The number of nitrogens with zero attached hydrogens (tertiary/aromatic N) is 1. The summed E-state index contributed by atoms with van der Waals surface area (Å²) in [6.07, 6.45) is 0. The van der Waals surface area contributed by atoms with Gasteiger partial charge < -0.3 is 5.73 Å². The maximum absolute atomic E-state index is 6.01. The molecule has 106 valence electrons. The lowest BCUT2D eigenvalue weighted by atomic mass is 9.95. The van der Waals surface area contributed by atoms with Crippen LogP contribution in [0.4, 0.5) is 5.69 Å². The van der Waals surface area contributed by atoms with Crippen LogP contribution in [0.1, 0.15) is 5.56 Å². The molecule has 0 amide bonds. The van der Waals surface area contributed by atoms with Gasteiger partial charge in [0.1, 0.15) is 0 Å². The molecule has 0 saturated heterocycles. The maximum atomic E-state index is 6.01. The van der Waals surface area contributed by atoms with Crippen LogP contribution >= 0.6 is 0 Å². The van der Waals surface area contributed by atoms with Gasteiger partial charge in [0.05, 0.1) is 11.0 Å². The fourth-order valence-corrected chi connectivity index (χ4v) is 2.94. The molecule has 4 aromatic rings. The smallest absolute Gasteiger partial charge is 0.0717 e. The van der Waals surface area contributed by atoms with Crippen molar-refractivity contribution < 1.29 is 0 Å². The van der Waals surface area contributed by atoms with Crippen molar-refractivity contribution in [1.29, 1.82) is 0 Å². The van der Waals surface area contributed by atoms with Crippen LogP contribution in [0.25, 0.3) is 32.9 Å². The molecule has 1 heterocycles. The minimum Gasteiger partial charge on any atom is -0.399 e. The molecule has 0 saturated carbocycles. The normalized spacial score (nSPS) is 11.1. The maximum Gasteiger partial charge on any atom is 0.0717 e. The third-order valence-electron chi connectivity index (χ3n) is 4.04. The van der Waals surface area contributed by atoms with Crippen LogP contribution in [0, 0.1) is 6.92 Å². The summed E-state index contributed by atoms with van der Waals surface area (Å²) < 4.78 is 0. The van der Waals surface area contributed by atoms with Crippen molar-refractivity contribution in [3.8, 4) is 11.1 Å². The Morgan fingerprint density at radius 2 is 1.50 bits per heavy atom. The minimum absolute atomic E-state index is 0.762. The number of benzene rings is 3. The van der Waals surface area contributed by atoms with Crippen LogP contribution in [0.5, 0.6) is 0 Å². The van der Waals surface area contributed by atoms with Crippen molar-refractivity contribution in [3.63, 3.8) is 0 Å². The van der Waals surface area contributed by atoms with Crippen molar-refractivity contribution in [2.75, 3.05) is 5.73 Å². The van der Waals surface area contributed by atoms with E-state index in [0.29, 0.717) is 0 Å². The number of aryl methyl sites for hydroxylation is 1. The van der Waals surface area contributed by atoms with Crippen molar-refractivity contribution in [2.45, 2.75) is 6.92 Å². The molecule has 1 aromatic heterocycles. The first-order valence-corrected chi connectivity index (χ1v) is 7.37. The first kappa shape index (κ1) is 12.8. The van der Waals surface area contributed by atoms with E-state index in [4.69, 9.17) is 10.7 Å². The van der Waals surface area contributed by atoms with Gasteiger partial charge in [-0.25, -0.2) is 4.98 Å². The summed E-state index contributed by atoms with van der Waals surface area (Å²) in [5.74, 6) is 0. The van der Waals surface area contributed by atoms with E-state index >= 15 is 0 Å². The molecule has 2 N–H and O–H groups in total. The Morgan fingerprint density at radius 1 is 0.773 bits per heavy atom. The van der Waals surface area contributed by atoms with Gasteiger partial charge in [-0.15, -0.1) is 0 Å². The lowest BCUT2D eigenvalue weighted by molar-refractivity contribution is 1.46. The molecular formula is C20H16N2. The number of para-hydroxylation sites is 1. The summed E-state index contributed by atoms with van der Waals surface area (Å²) in [5, 5.41) is 2.26. The number of nitrogens with two attached hydrogens (primary N) is 1. The molecule has 0 aliphatic carbocycles. The highest BCUT2D eigenvalue weighted by Crippen LogP contribution is 2.35. The molecule has 0 aliphatic rings. The van der Waals surface area contributed by atoms with E-state index in [2.05, 4.69) is 49.4 Å². The van der Waals surface area contributed by atoms with Gasteiger partial charge in [0.2, 0.25) is 0 Å². The number of nitrogen functional groups attached to an aromatic ring is 1. The van der Waals surface area contributed by atoms with Gasteiger partial charge in [-0.2, -0.15) is 0 Å².